The Balaban J connectivity index is 1.17. The second-order valence-electron chi connectivity index (χ2n) is 14.8. The van der Waals surface area contributed by atoms with Crippen molar-refractivity contribution in [2.75, 3.05) is 36.0 Å². The van der Waals surface area contributed by atoms with E-state index in [1.807, 2.05) is 0 Å². The summed E-state index contributed by atoms with van der Waals surface area (Å²) in [5, 5.41) is 19.0. The smallest absolute Gasteiger partial charge is 0.157 e. The largest absolute Gasteiger partial charge is 0.454 e. The van der Waals surface area contributed by atoms with Gasteiger partial charge in [0.05, 0.1) is 0 Å². The molecule has 0 amide bonds. The maximum atomic E-state index is 10.4. The summed E-state index contributed by atoms with van der Waals surface area (Å²) in [6, 6.07) is 26.9. The lowest BCUT2D eigenvalue weighted by molar-refractivity contribution is 0.357. The van der Waals surface area contributed by atoms with Crippen LogP contribution in [0.3, 0.4) is 0 Å². The van der Waals surface area contributed by atoms with Crippen molar-refractivity contribution in [3.8, 4) is 6.07 Å². The summed E-state index contributed by atoms with van der Waals surface area (Å²) < 4.78 is 13.0. The minimum Gasteiger partial charge on any atom is -0.454 e. The van der Waals surface area contributed by atoms with E-state index in [2.05, 4.69) is 110 Å². The molecule has 4 atom stereocenters. The molecule has 2 aliphatic heterocycles. The van der Waals surface area contributed by atoms with Gasteiger partial charge in [-0.25, -0.2) is 0 Å². The molecule has 0 N–H and O–H groups in total. The number of hydrogen-bond donors (Lipinski definition) is 0. The topological polar surface area (TPSA) is 56.6 Å². The number of benzene rings is 5. The van der Waals surface area contributed by atoms with E-state index < -0.39 is 0 Å². The normalized spacial score (nSPS) is 22.6. The van der Waals surface area contributed by atoms with Crippen LogP contribution in [0.2, 0.25) is 0 Å². The standard InChI is InChI=1S/C41H39N3O2/c1-23-9-24(2)20-43(19-23)31-7-5-27-13-33-35-17-36-34-14-28-6-8-32(44-21-25(3)10-26(4)22-44)12-30(28)16-39(34)46-41(36)37(18-42)40(35)45-38(33)15-29(27)11-31/h5-8,11-17,23-26H,9-10,19-22H2,1-4H3. The molecule has 0 radical (unpaired) electrons. The van der Waals surface area contributed by atoms with Crippen molar-refractivity contribution in [3.05, 3.63) is 72.3 Å². The van der Waals surface area contributed by atoms with Crippen LogP contribution < -0.4 is 9.80 Å². The first kappa shape index (κ1) is 27.6. The first-order chi connectivity index (χ1) is 22.3. The number of furan rings is 2. The van der Waals surface area contributed by atoms with E-state index in [0.29, 0.717) is 40.4 Å². The highest BCUT2D eigenvalue weighted by Gasteiger charge is 2.25. The zero-order valence-electron chi connectivity index (χ0n) is 27.1. The van der Waals surface area contributed by atoms with Crippen LogP contribution in [-0.4, -0.2) is 26.2 Å². The molecule has 5 aromatic carbocycles. The molecule has 4 unspecified atom stereocenters. The maximum absolute atomic E-state index is 10.4. The zero-order valence-corrected chi connectivity index (χ0v) is 27.1. The molecule has 0 aliphatic carbocycles. The summed E-state index contributed by atoms with van der Waals surface area (Å²) in [7, 11) is 0. The average molecular weight is 606 g/mol. The van der Waals surface area contributed by atoms with Gasteiger partial charge < -0.3 is 18.6 Å². The maximum Gasteiger partial charge on any atom is 0.157 e. The third kappa shape index (κ3) is 4.34. The molecule has 0 saturated carbocycles. The number of piperidine rings is 2. The molecular formula is C41H39N3O2. The Bertz CT molecular complexity index is 2210. The number of nitriles is 1. The van der Waals surface area contributed by atoms with E-state index in [4.69, 9.17) is 8.83 Å². The van der Waals surface area contributed by atoms with Gasteiger partial charge in [0, 0.05) is 59.1 Å². The number of anilines is 2. The molecule has 7 aromatic rings. The van der Waals surface area contributed by atoms with Crippen LogP contribution in [-0.2, 0) is 0 Å². The number of hydrogen-bond acceptors (Lipinski definition) is 5. The van der Waals surface area contributed by atoms with Crippen LogP contribution >= 0.6 is 0 Å². The van der Waals surface area contributed by atoms with Crippen LogP contribution in [0.15, 0.2) is 75.6 Å². The molecule has 230 valence electrons. The molecule has 4 heterocycles. The number of rotatable bonds is 2. The fraction of sp³-hybridized carbons (Fsp3) is 0.341. The van der Waals surface area contributed by atoms with Crippen molar-refractivity contribution in [1.29, 1.82) is 5.26 Å². The minimum absolute atomic E-state index is 0.460. The fourth-order valence-corrected chi connectivity index (χ4v) is 8.84. The van der Waals surface area contributed by atoms with Crippen LogP contribution in [0, 0.1) is 35.0 Å². The van der Waals surface area contributed by atoms with E-state index in [-0.39, 0.29) is 0 Å². The van der Waals surface area contributed by atoms with Gasteiger partial charge in [-0.3, -0.25) is 0 Å². The molecule has 0 bridgehead atoms. The van der Waals surface area contributed by atoms with Gasteiger partial charge >= 0.3 is 0 Å². The molecule has 2 saturated heterocycles. The molecule has 5 heteroatoms. The second-order valence-corrected chi connectivity index (χ2v) is 14.8. The van der Waals surface area contributed by atoms with Gasteiger partial charge in [0.1, 0.15) is 22.8 Å². The van der Waals surface area contributed by atoms with Gasteiger partial charge in [0.2, 0.25) is 0 Å². The Morgan fingerprint density at radius 2 is 0.978 bits per heavy atom. The van der Waals surface area contributed by atoms with E-state index in [1.54, 1.807) is 0 Å². The van der Waals surface area contributed by atoms with Crippen molar-refractivity contribution in [2.24, 2.45) is 23.7 Å². The summed E-state index contributed by atoms with van der Waals surface area (Å²) in [6.45, 7) is 13.8. The summed E-state index contributed by atoms with van der Waals surface area (Å²) in [5.74, 6) is 2.77. The van der Waals surface area contributed by atoms with Gasteiger partial charge in [-0.15, -0.1) is 0 Å². The first-order valence-corrected chi connectivity index (χ1v) is 16.9. The Morgan fingerprint density at radius 1 is 0.543 bits per heavy atom. The molecule has 46 heavy (non-hydrogen) atoms. The Morgan fingerprint density at radius 3 is 1.39 bits per heavy atom. The van der Waals surface area contributed by atoms with Gasteiger partial charge in [-0.1, -0.05) is 39.8 Å². The highest BCUT2D eigenvalue weighted by atomic mass is 16.3. The quantitative estimate of drug-likeness (QED) is 0.196. The summed E-state index contributed by atoms with van der Waals surface area (Å²) >= 11 is 0. The lowest BCUT2D eigenvalue weighted by atomic mass is 9.91. The van der Waals surface area contributed by atoms with Gasteiger partial charge in [0.15, 0.2) is 11.2 Å². The Hall–Kier alpha value is -4.69. The minimum atomic E-state index is 0.460. The third-order valence-corrected chi connectivity index (χ3v) is 10.7. The second kappa shape index (κ2) is 10.2. The Kier molecular flexibility index (Phi) is 6.10. The zero-order chi connectivity index (χ0) is 31.3. The molecule has 9 rings (SSSR count). The SMILES string of the molecule is CC1CC(C)CN(c2ccc3cc4c(cc3c2)oc2c(C#N)c3oc5cc6cc(N7CC(C)CC(C)C7)ccc6cc5c3cc24)C1. The molecule has 0 spiro atoms. The van der Waals surface area contributed by atoms with E-state index in [0.717, 1.165) is 69.7 Å². The third-order valence-electron chi connectivity index (χ3n) is 10.7. The van der Waals surface area contributed by atoms with E-state index >= 15 is 0 Å². The van der Waals surface area contributed by atoms with E-state index in [9.17, 15) is 5.26 Å². The predicted molar refractivity (Wildman–Crippen MR) is 191 cm³/mol. The lowest BCUT2D eigenvalue weighted by Crippen LogP contribution is -2.38. The van der Waals surface area contributed by atoms with Crippen LogP contribution in [0.5, 0.6) is 0 Å². The van der Waals surface area contributed by atoms with Crippen LogP contribution in [0.4, 0.5) is 11.4 Å². The lowest BCUT2D eigenvalue weighted by Gasteiger charge is -2.36. The summed E-state index contributed by atoms with van der Waals surface area (Å²) in [4.78, 5) is 5.04. The summed E-state index contributed by atoms with van der Waals surface area (Å²) in [6.07, 6.45) is 2.58. The molecular weight excluding hydrogens is 566 g/mol. The fourth-order valence-electron chi connectivity index (χ4n) is 8.84. The highest BCUT2D eigenvalue weighted by Crippen LogP contribution is 2.42. The monoisotopic (exact) mass is 605 g/mol. The van der Waals surface area contributed by atoms with Crippen molar-refractivity contribution < 1.29 is 8.83 Å². The number of fused-ring (bicyclic) bond motifs is 8. The Labute approximate surface area is 268 Å². The van der Waals surface area contributed by atoms with Gasteiger partial charge in [0.25, 0.3) is 0 Å². The average Bonchev–Trinajstić information content (AvgIpc) is 3.56. The van der Waals surface area contributed by atoms with Crippen molar-refractivity contribution in [3.63, 3.8) is 0 Å². The van der Waals surface area contributed by atoms with Crippen LogP contribution in [0.25, 0.3) is 65.4 Å². The van der Waals surface area contributed by atoms with Gasteiger partial charge in [-0.2, -0.15) is 5.26 Å². The first-order valence-electron chi connectivity index (χ1n) is 16.9. The summed E-state index contributed by atoms with van der Waals surface area (Å²) in [5.41, 5.74) is 5.78. The van der Waals surface area contributed by atoms with Crippen molar-refractivity contribution in [2.45, 2.75) is 40.5 Å². The van der Waals surface area contributed by atoms with E-state index in [1.165, 1.54) is 35.0 Å². The van der Waals surface area contributed by atoms with Crippen molar-refractivity contribution in [1.82, 2.24) is 0 Å². The molecule has 2 aliphatic rings. The predicted octanol–water partition coefficient (Wildman–Crippen LogP) is 10.6. The van der Waals surface area contributed by atoms with Crippen LogP contribution in [0.1, 0.15) is 46.1 Å². The molecule has 2 aromatic heterocycles. The molecule has 5 nitrogen and oxygen atoms in total. The number of nitrogens with zero attached hydrogens (tertiary/aromatic N) is 3. The molecule has 2 fully saturated rings. The van der Waals surface area contributed by atoms with Gasteiger partial charge in [-0.05, 0) is 113 Å². The van der Waals surface area contributed by atoms with Crippen molar-refractivity contribution >= 4 is 76.8 Å². The highest BCUT2D eigenvalue weighted by molar-refractivity contribution is 6.20.